The Bertz CT molecular complexity index is 189. The van der Waals surface area contributed by atoms with Crippen LogP contribution in [0, 0.1) is 0 Å². The summed E-state index contributed by atoms with van der Waals surface area (Å²) < 4.78 is 0. The fraction of sp³-hybridized carbons (Fsp3) is 0.889. The zero-order valence-corrected chi connectivity index (χ0v) is 8.92. The predicted molar refractivity (Wildman–Crippen MR) is 56.2 cm³/mol. The van der Waals surface area contributed by atoms with Crippen molar-refractivity contribution in [3.05, 3.63) is 0 Å². The zero-order chi connectivity index (χ0) is 10.4. The van der Waals surface area contributed by atoms with Gasteiger partial charge in [0.2, 0.25) is 5.91 Å². The van der Waals surface area contributed by atoms with E-state index in [1.54, 1.807) is 0 Å². The van der Waals surface area contributed by atoms with Crippen LogP contribution in [-0.4, -0.2) is 46.4 Å². The van der Waals surface area contributed by atoms with Crippen molar-refractivity contribution in [2.24, 2.45) is 0 Å². The molecule has 14 heavy (non-hydrogen) atoms. The lowest BCUT2D eigenvalue weighted by atomic mass is 10.2. The van der Waals surface area contributed by atoms with Crippen LogP contribution in [0.15, 0.2) is 0 Å². The summed E-state index contributed by atoms with van der Waals surface area (Å²) in [5.41, 5.74) is 0. The van der Waals surface area contributed by atoms with Gasteiger partial charge in [0.1, 0.15) is 0 Å². The van der Waals surface area contributed by atoms with Gasteiger partial charge in [-0.15, -0.1) is 11.8 Å². The van der Waals surface area contributed by atoms with Gasteiger partial charge in [-0.2, -0.15) is 0 Å². The van der Waals surface area contributed by atoms with Gasteiger partial charge in [0.25, 0.3) is 0 Å². The number of hydrogen-bond donors (Lipinski definition) is 3. The molecule has 1 rings (SSSR count). The third-order valence-electron chi connectivity index (χ3n) is 2.19. The fourth-order valence-corrected chi connectivity index (χ4v) is 2.48. The van der Waals surface area contributed by atoms with Crippen molar-refractivity contribution < 1.29 is 15.0 Å². The number of carbonyl (C=O) groups excluding carboxylic acids is 1. The smallest absolute Gasteiger partial charge is 0.233 e. The van der Waals surface area contributed by atoms with Gasteiger partial charge in [0, 0.05) is 12.3 Å². The highest BCUT2D eigenvalue weighted by atomic mass is 32.2. The van der Waals surface area contributed by atoms with Gasteiger partial charge in [-0.3, -0.25) is 4.79 Å². The number of carbonyl (C=O) groups is 1. The first kappa shape index (κ1) is 11.8. The molecule has 5 heteroatoms. The Kier molecular flexibility index (Phi) is 5.29. The molecule has 0 aliphatic carbocycles. The molecule has 0 aromatic rings. The van der Waals surface area contributed by atoms with Gasteiger partial charge in [-0.25, -0.2) is 0 Å². The molecule has 0 spiro atoms. The lowest BCUT2D eigenvalue weighted by Gasteiger charge is -2.14. The standard InChI is InChI=1S/C9H17NO3S/c11-5-7(12)6-14-8-3-1-2-4-10-9(8)13/h7-8,11-12H,1-6H2,(H,10,13). The van der Waals surface area contributed by atoms with E-state index in [2.05, 4.69) is 5.32 Å². The monoisotopic (exact) mass is 219 g/mol. The van der Waals surface area contributed by atoms with Crippen molar-refractivity contribution in [3.63, 3.8) is 0 Å². The molecular weight excluding hydrogens is 202 g/mol. The van der Waals surface area contributed by atoms with Crippen molar-refractivity contribution in [3.8, 4) is 0 Å². The maximum absolute atomic E-state index is 11.4. The van der Waals surface area contributed by atoms with Crippen molar-refractivity contribution in [1.82, 2.24) is 5.32 Å². The zero-order valence-electron chi connectivity index (χ0n) is 8.11. The normalized spacial score (nSPS) is 25.3. The fourth-order valence-electron chi connectivity index (χ4n) is 1.35. The van der Waals surface area contributed by atoms with Crippen LogP contribution in [0.3, 0.4) is 0 Å². The quantitative estimate of drug-likeness (QED) is 0.609. The number of hydrogen-bond acceptors (Lipinski definition) is 4. The van der Waals surface area contributed by atoms with Crippen molar-refractivity contribution in [2.75, 3.05) is 18.9 Å². The molecular formula is C9H17NO3S. The van der Waals surface area contributed by atoms with E-state index in [9.17, 15) is 4.79 Å². The van der Waals surface area contributed by atoms with Crippen LogP contribution in [0.2, 0.25) is 0 Å². The third kappa shape index (κ3) is 3.86. The van der Waals surface area contributed by atoms with Crippen molar-refractivity contribution >= 4 is 17.7 Å². The highest BCUT2D eigenvalue weighted by Gasteiger charge is 2.21. The van der Waals surface area contributed by atoms with Crippen LogP contribution < -0.4 is 5.32 Å². The molecule has 2 atom stereocenters. The molecule has 0 radical (unpaired) electrons. The Morgan fingerprint density at radius 2 is 2.36 bits per heavy atom. The van der Waals surface area contributed by atoms with E-state index in [1.807, 2.05) is 0 Å². The number of aliphatic hydroxyl groups is 2. The summed E-state index contributed by atoms with van der Waals surface area (Å²) in [6.07, 6.45) is 2.24. The first-order valence-electron chi connectivity index (χ1n) is 4.92. The number of rotatable bonds is 4. The van der Waals surface area contributed by atoms with Crippen LogP contribution >= 0.6 is 11.8 Å². The van der Waals surface area contributed by atoms with Gasteiger partial charge in [0.05, 0.1) is 18.0 Å². The molecule has 0 aromatic heterocycles. The minimum absolute atomic E-state index is 0.0568. The Hall–Kier alpha value is -0.260. The Morgan fingerprint density at radius 3 is 3.07 bits per heavy atom. The highest BCUT2D eigenvalue weighted by Crippen LogP contribution is 2.20. The lowest BCUT2D eigenvalue weighted by molar-refractivity contribution is -0.120. The van der Waals surface area contributed by atoms with Gasteiger partial charge in [0.15, 0.2) is 0 Å². The van der Waals surface area contributed by atoms with Crippen LogP contribution in [0.4, 0.5) is 0 Å². The summed E-state index contributed by atoms with van der Waals surface area (Å²) in [5.74, 6) is 0.492. The molecule has 1 saturated heterocycles. The summed E-state index contributed by atoms with van der Waals surface area (Å²) in [6, 6.07) is 0. The van der Waals surface area contributed by atoms with E-state index >= 15 is 0 Å². The van der Waals surface area contributed by atoms with Crippen molar-refractivity contribution in [2.45, 2.75) is 30.6 Å². The topological polar surface area (TPSA) is 69.6 Å². The minimum atomic E-state index is -0.712. The molecule has 3 N–H and O–H groups in total. The van der Waals surface area contributed by atoms with E-state index in [1.165, 1.54) is 11.8 Å². The summed E-state index contributed by atoms with van der Waals surface area (Å²) in [7, 11) is 0. The maximum atomic E-state index is 11.4. The molecule has 1 heterocycles. The first-order chi connectivity index (χ1) is 6.74. The molecule has 0 bridgehead atoms. The molecule has 0 aromatic carbocycles. The van der Waals surface area contributed by atoms with Crippen molar-refractivity contribution in [1.29, 1.82) is 0 Å². The second-order valence-electron chi connectivity index (χ2n) is 3.45. The summed E-state index contributed by atoms with van der Waals surface area (Å²) in [4.78, 5) is 11.4. The molecule has 1 aliphatic rings. The average Bonchev–Trinajstić information content (AvgIpc) is 2.39. The Balaban J connectivity index is 2.29. The van der Waals surface area contributed by atoms with E-state index in [4.69, 9.17) is 10.2 Å². The number of aliphatic hydroxyl groups excluding tert-OH is 2. The average molecular weight is 219 g/mol. The van der Waals surface area contributed by atoms with Crippen LogP contribution in [0.25, 0.3) is 0 Å². The van der Waals surface area contributed by atoms with Crippen LogP contribution in [0.1, 0.15) is 19.3 Å². The largest absolute Gasteiger partial charge is 0.394 e. The van der Waals surface area contributed by atoms with Gasteiger partial charge in [-0.1, -0.05) is 6.42 Å². The third-order valence-corrected chi connectivity index (χ3v) is 3.61. The molecule has 82 valence electrons. The Morgan fingerprint density at radius 1 is 1.57 bits per heavy atom. The summed E-state index contributed by atoms with van der Waals surface area (Å²) >= 11 is 1.43. The minimum Gasteiger partial charge on any atom is -0.394 e. The number of amides is 1. The van der Waals surface area contributed by atoms with Gasteiger partial charge >= 0.3 is 0 Å². The molecule has 1 amide bonds. The summed E-state index contributed by atoms with van der Waals surface area (Å²) in [5, 5.41) is 20.5. The van der Waals surface area contributed by atoms with E-state index in [0.29, 0.717) is 5.75 Å². The number of thioether (sulfide) groups is 1. The predicted octanol–water partition coefficient (Wildman–Crippen LogP) is -0.259. The molecule has 0 saturated carbocycles. The summed E-state index contributed by atoms with van der Waals surface area (Å²) in [6.45, 7) is 0.528. The van der Waals surface area contributed by atoms with E-state index in [-0.39, 0.29) is 17.8 Å². The van der Waals surface area contributed by atoms with Crippen LogP contribution in [0.5, 0.6) is 0 Å². The first-order valence-corrected chi connectivity index (χ1v) is 5.97. The van der Waals surface area contributed by atoms with Gasteiger partial charge < -0.3 is 15.5 Å². The van der Waals surface area contributed by atoms with E-state index in [0.717, 1.165) is 25.8 Å². The lowest BCUT2D eigenvalue weighted by Crippen LogP contribution is -2.32. The molecule has 1 aliphatic heterocycles. The second kappa shape index (κ2) is 6.27. The maximum Gasteiger partial charge on any atom is 0.233 e. The Labute approximate surface area is 88.1 Å². The van der Waals surface area contributed by atoms with E-state index < -0.39 is 6.10 Å². The number of nitrogens with one attached hydrogen (secondary N) is 1. The molecule has 2 unspecified atom stereocenters. The second-order valence-corrected chi connectivity index (χ2v) is 4.68. The van der Waals surface area contributed by atoms with Crippen LogP contribution in [-0.2, 0) is 4.79 Å². The SMILES string of the molecule is O=C1NCCCCC1SCC(O)CO. The van der Waals surface area contributed by atoms with Gasteiger partial charge in [-0.05, 0) is 12.8 Å². The highest BCUT2D eigenvalue weighted by molar-refractivity contribution is 8.00. The molecule has 4 nitrogen and oxygen atoms in total. The molecule has 1 fully saturated rings.